The molecule has 3 rings (SSSR count). The summed E-state index contributed by atoms with van der Waals surface area (Å²) >= 11 is 0. The van der Waals surface area contributed by atoms with Gasteiger partial charge in [0, 0.05) is 5.56 Å². The van der Waals surface area contributed by atoms with Gasteiger partial charge in [-0.2, -0.15) is 0 Å². The summed E-state index contributed by atoms with van der Waals surface area (Å²) in [6, 6.07) is 17.7. The van der Waals surface area contributed by atoms with Gasteiger partial charge in [-0.15, -0.1) is 0 Å². The van der Waals surface area contributed by atoms with Crippen LogP contribution in [0.5, 0.6) is 0 Å². The lowest BCUT2D eigenvalue weighted by Crippen LogP contribution is -1.73. The summed E-state index contributed by atoms with van der Waals surface area (Å²) < 4.78 is 5.45. The third-order valence-corrected chi connectivity index (χ3v) is 2.80. The second kappa shape index (κ2) is 3.91. The van der Waals surface area contributed by atoms with Crippen LogP contribution >= 0.6 is 0 Å². The topological polar surface area (TPSA) is 30.2 Å². The van der Waals surface area contributed by atoms with Crippen LogP contribution in [0.25, 0.3) is 22.5 Å². The Morgan fingerprint density at radius 2 is 1.71 bits per heavy atom. The molecule has 1 heterocycles. The molecule has 0 radical (unpaired) electrons. The molecule has 0 atom stereocenters. The maximum absolute atomic E-state index is 10.6. The van der Waals surface area contributed by atoms with Crippen LogP contribution in [0.3, 0.4) is 0 Å². The van der Waals surface area contributed by atoms with E-state index >= 15 is 0 Å². The van der Waals surface area contributed by atoms with Crippen LogP contribution in [-0.4, -0.2) is 6.29 Å². The fraction of sp³-hybridized carbons (Fsp3) is 0. The van der Waals surface area contributed by atoms with Gasteiger partial charge in [0.05, 0.1) is 0 Å². The average molecular weight is 222 g/mol. The number of hydrogen-bond donors (Lipinski definition) is 0. The SMILES string of the molecule is O=Cc1ccc(-c2ccc3cccccc2-3)o1. The van der Waals surface area contributed by atoms with E-state index < -0.39 is 0 Å². The van der Waals surface area contributed by atoms with Crippen LogP contribution in [0.15, 0.2) is 59.0 Å². The van der Waals surface area contributed by atoms with Crippen molar-refractivity contribution in [3.63, 3.8) is 0 Å². The highest BCUT2D eigenvalue weighted by molar-refractivity contribution is 5.85. The van der Waals surface area contributed by atoms with Crippen molar-refractivity contribution >= 4 is 6.29 Å². The Morgan fingerprint density at radius 3 is 2.53 bits per heavy atom. The molecule has 0 saturated carbocycles. The second-order valence-corrected chi connectivity index (χ2v) is 3.85. The molecular weight excluding hydrogens is 212 g/mol. The number of furan rings is 1. The fourth-order valence-electron chi connectivity index (χ4n) is 1.99. The third-order valence-electron chi connectivity index (χ3n) is 2.80. The predicted octanol–water partition coefficient (Wildman–Crippen LogP) is 3.86. The first-order chi connectivity index (χ1) is 8.38. The Bertz CT molecular complexity index is 637. The third kappa shape index (κ3) is 1.64. The average Bonchev–Trinajstić information content (AvgIpc) is 2.90. The summed E-state index contributed by atoms with van der Waals surface area (Å²) in [5.41, 5.74) is 3.31. The number of rotatable bonds is 2. The Hall–Kier alpha value is -2.35. The molecule has 0 unspecified atom stereocenters. The van der Waals surface area contributed by atoms with Gasteiger partial charge in [0.1, 0.15) is 5.76 Å². The van der Waals surface area contributed by atoms with Crippen LogP contribution in [-0.2, 0) is 0 Å². The molecule has 0 aliphatic heterocycles. The van der Waals surface area contributed by atoms with E-state index in [1.807, 2.05) is 42.5 Å². The Kier molecular flexibility index (Phi) is 2.26. The van der Waals surface area contributed by atoms with Gasteiger partial charge in [0.15, 0.2) is 12.0 Å². The van der Waals surface area contributed by atoms with Crippen LogP contribution < -0.4 is 0 Å². The minimum atomic E-state index is 0.356. The minimum Gasteiger partial charge on any atom is -0.453 e. The van der Waals surface area contributed by atoms with E-state index in [4.69, 9.17) is 4.42 Å². The summed E-state index contributed by atoms with van der Waals surface area (Å²) in [4.78, 5) is 10.6. The molecule has 0 amide bonds. The summed E-state index contributed by atoms with van der Waals surface area (Å²) in [5, 5.41) is 0. The van der Waals surface area contributed by atoms with E-state index in [0.717, 1.165) is 22.5 Å². The molecule has 0 saturated heterocycles. The number of carbonyl (C=O) groups is 1. The van der Waals surface area contributed by atoms with Gasteiger partial charge in [-0.05, 0) is 29.3 Å². The van der Waals surface area contributed by atoms with Crippen LogP contribution in [0.4, 0.5) is 0 Å². The molecule has 2 heteroatoms. The lowest BCUT2D eigenvalue weighted by Gasteiger charge is -1.97. The van der Waals surface area contributed by atoms with E-state index in [-0.39, 0.29) is 0 Å². The molecule has 2 nitrogen and oxygen atoms in total. The van der Waals surface area contributed by atoms with Crippen molar-refractivity contribution in [2.24, 2.45) is 0 Å². The van der Waals surface area contributed by atoms with E-state index in [0.29, 0.717) is 12.0 Å². The maximum atomic E-state index is 10.6. The highest BCUT2D eigenvalue weighted by atomic mass is 16.3. The lowest BCUT2D eigenvalue weighted by atomic mass is 10.1. The molecule has 0 fully saturated rings. The van der Waals surface area contributed by atoms with Crippen LogP contribution in [0.2, 0.25) is 0 Å². The zero-order valence-corrected chi connectivity index (χ0v) is 9.09. The highest BCUT2D eigenvalue weighted by Gasteiger charge is 2.12. The van der Waals surface area contributed by atoms with Gasteiger partial charge in [-0.3, -0.25) is 4.79 Å². The van der Waals surface area contributed by atoms with Crippen LogP contribution in [0.1, 0.15) is 10.6 Å². The summed E-state index contributed by atoms with van der Waals surface area (Å²) in [6.45, 7) is 0. The molecule has 1 aromatic rings. The Labute approximate surface area is 98.8 Å². The minimum absolute atomic E-state index is 0.356. The van der Waals surface area contributed by atoms with E-state index in [2.05, 4.69) is 6.07 Å². The number of fused-ring (bicyclic) bond motifs is 1. The zero-order valence-electron chi connectivity index (χ0n) is 9.09. The first-order valence-corrected chi connectivity index (χ1v) is 5.41. The first kappa shape index (κ1) is 9.85. The van der Waals surface area contributed by atoms with Crippen LogP contribution in [0, 0.1) is 0 Å². The van der Waals surface area contributed by atoms with Crippen molar-refractivity contribution in [3.05, 3.63) is 60.4 Å². The zero-order chi connectivity index (χ0) is 11.7. The molecule has 0 N–H and O–H groups in total. The first-order valence-electron chi connectivity index (χ1n) is 5.41. The maximum Gasteiger partial charge on any atom is 0.185 e. The van der Waals surface area contributed by atoms with Gasteiger partial charge in [0.2, 0.25) is 0 Å². The summed E-state index contributed by atoms with van der Waals surface area (Å²) in [6.07, 6.45) is 0.717. The predicted molar refractivity (Wildman–Crippen MR) is 66.2 cm³/mol. The second-order valence-electron chi connectivity index (χ2n) is 3.85. The van der Waals surface area contributed by atoms with Crippen molar-refractivity contribution in [2.45, 2.75) is 0 Å². The monoisotopic (exact) mass is 222 g/mol. The van der Waals surface area contributed by atoms with E-state index in [1.165, 1.54) is 0 Å². The van der Waals surface area contributed by atoms with Gasteiger partial charge in [0.25, 0.3) is 0 Å². The molecular formula is C15H10O2. The highest BCUT2D eigenvalue weighted by Crippen LogP contribution is 2.35. The van der Waals surface area contributed by atoms with Gasteiger partial charge < -0.3 is 4.42 Å². The number of hydrogen-bond acceptors (Lipinski definition) is 2. The number of carbonyl (C=O) groups excluding carboxylic acids is 1. The molecule has 0 aromatic carbocycles. The number of aldehydes is 1. The summed E-state index contributed by atoms with van der Waals surface area (Å²) in [7, 11) is 0. The van der Waals surface area contributed by atoms with Gasteiger partial charge in [-0.25, -0.2) is 0 Å². The molecule has 1 aromatic heterocycles. The molecule has 82 valence electrons. The van der Waals surface area contributed by atoms with Crippen molar-refractivity contribution in [1.82, 2.24) is 0 Å². The largest absolute Gasteiger partial charge is 0.453 e. The molecule has 0 bridgehead atoms. The molecule has 2 aliphatic rings. The van der Waals surface area contributed by atoms with Crippen molar-refractivity contribution in [2.75, 3.05) is 0 Å². The molecule has 17 heavy (non-hydrogen) atoms. The smallest absolute Gasteiger partial charge is 0.185 e. The van der Waals surface area contributed by atoms with Gasteiger partial charge in [-0.1, -0.05) is 36.4 Å². The van der Waals surface area contributed by atoms with Crippen molar-refractivity contribution < 1.29 is 9.21 Å². The normalized spacial score (nSPS) is 10.6. The van der Waals surface area contributed by atoms with Crippen molar-refractivity contribution in [3.8, 4) is 22.5 Å². The lowest BCUT2D eigenvalue weighted by molar-refractivity contribution is 0.110. The fourth-order valence-corrected chi connectivity index (χ4v) is 1.99. The van der Waals surface area contributed by atoms with Gasteiger partial charge >= 0.3 is 0 Å². The standard InChI is InChI=1S/C15H10O2/c16-10-12-7-9-15(17-12)14-8-6-11-4-2-1-3-5-13(11)14/h1-10H. The van der Waals surface area contributed by atoms with E-state index in [9.17, 15) is 4.79 Å². The quantitative estimate of drug-likeness (QED) is 0.616. The molecule has 0 spiro atoms. The summed E-state index contributed by atoms with van der Waals surface area (Å²) in [5.74, 6) is 1.09. The van der Waals surface area contributed by atoms with E-state index in [1.54, 1.807) is 6.07 Å². The Balaban J connectivity index is 2.17. The Morgan fingerprint density at radius 1 is 0.824 bits per heavy atom. The molecule has 2 aliphatic carbocycles. The van der Waals surface area contributed by atoms with Crippen molar-refractivity contribution in [1.29, 1.82) is 0 Å².